The van der Waals surface area contributed by atoms with Gasteiger partial charge in [-0.3, -0.25) is 9.59 Å². The third-order valence-electron chi connectivity index (χ3n) is 6.85. The van der Waals surface area contributed by atoms with Crippen LogP contribution in [-0.4, -0.2) is 70.0 Å². The number of anilines is 1. The van der Waals surface area contributed by atoms with Gasteiger partial charge in [-0.2, -0.15) is 26.9 Å². The van der Waals surface area contributed by atoms with Gasteiger partial charge < -0.3 is 24.5 Å². The number of likely N-dealkylation sites (tertiary alicyclic amines) is 1. The molecule has 210 valence electrons. The number of urea groups is 1. The Labute approximate surface area is 223 Å². The molecule has 40 heavy (non-hydrogen) atoms. The molecule has 5 rings (SSSR count). The Morgan fingerprint density at radius 3 is 2.27 bits per heavy atom. The number of benzene rings is 2. The van der Waals surface area contributed by atoms with Gasteiger partial charge >= 0.3 is 18.6 Å². The number of hydrogen-bond acceptors (Lipinski definition) is 6. The van der Waals surface area contributed by atoms with Crippen LogP contribution < -0.4 is 10.2 Å². The summed E-state index contributed by atoms with van der Waals surface area (Å²) in [7, 11) is 1.42. The van der Waals surface area contributed by atoms with Crippen LogP contribution in [0.25, 0.3) is 11.4 Å². The number of nitrogens with one attached hydrogen (secondary N) is 1. The summed E-state index contributed by atoms with van der Waals surface area (Å²) in [5.41, 5.74) is -1.24. The summed E-state index contributed by atoms with van der Waals surface area (Å²) in [6.45, 7) is -0.739. The summed E-state index contributed by atoms with van der Waals surface area (Å²) in [6, 6.07) is 9.77. The smallest absolute Gasteiger partial charge is 0.341 e. The van der Waals surface area contributed by atoms with Crippen LogP contribution in [0.4, 0.5) is 32.4 Å². The maximum absolute atomic E-state index is 13.9. The van der Waals surface area contributed by atoms with E-state index in [1.807, 2.05) is 0 Å². The van der Waals surface area contributed by atoms with E-state index in [0.717, 1.165) is 12.1 Å². The lowest BCUT2D eigenvalue weighted by atomic mass is 9.83. The number of aromatic nitrogens is 2. The zero-order chi connectivity index (χ0) is 28.8. The maximum Gasteiger partial charge on any atom is 0.416 e. The fourth-order valence-corrected chi connectivity index (χ4v) is 4.75. The average Bonchev–Trinajstić information content (AvgIpc) is 3.40. The summed E-state index contributed by atoms with van der Waals surface area (Å²) in [5.74, 6) is -1.87. The summed E-state index contributed by atoms with van der Waals surface area (Å²) < 4.78 is 69.0. The number of halogens is 5. The predicted octanol–water partition coefficient (Wildman–Crippen LogP) is 3.46. The van der Waals surface area contributed by atoms with E-state index in [0.29, 0.717) is 16.8 Å². The molecule has 0 atom stereocenters. The molecule has 1 N–H and O–H groups in total. The van der Waals surface area contributed by atoms with Gasteiger partial charge in [-0.15, -0.1) is 0 Å². The van der Waals surface area contributed by atoms with E-state index in [9.17, 15) is 36.3 Å². The van der Waals surface area contributed by atoms with Gasteiger partial charge in [0, 0.05) is 24.8 Å². The zero-order valence-electron chi connectivity index (χ0n) is 20.8. The molecule has 2 aromatic carbocycles. The lowest BCUT2D eigenvalue weighted by molar-refractivity contribution is -0.161. The average molecular weight is 564 g/mol. The first-order valence-corrected chi connectivity index (χ1v) is 11.9. The Hall–Kier alpha value is -4.56. The molecular weight excluding hydrogens is 543 g/mol. The molecule has 2 fully saturated rings. The van der Waals surface area contributed by atoms with Crippen molar-refractivity contribution in [2.75, 3.05) is 31.6 Å². The SMILES string of the molecule is CNC(=O)N1CC2(C1)C(=O)N(c1ccc(-c3noc(C(F)F)n3)cc1)CC(=O)N2Cc1ccc(C(F)(F)F)cc1. The maximum atomic E-state index is 13.9. The minimum absolute atomic E-state index is 0.0812. The van der Waals surface area contributed by atoms with Gasteiger partial charge in [-0.05, 0) is 42.0 Å². The van der Waals surface area contributed by atoms with Gasteiger partial charge in [-0.1, -0.05) is 17.3 Å². The molecule has 3 aromatic rings. The molecular formula is C25H21F5N6O4. The van der Waals surface area contributed by atoms with E-state index < -0.39 is 47.4 Å². The monoisotopic (exact) mass is 564 g/mol. The van der Waals surface area contributed by atoms with Gasteiger partial charge in [0.2, 0.25) is 11.7 Å². The molecule has 1 spiro atoms. The van der Waals surface area contributed by atoms with Crippen molar-refractivity contribution in [3.8, 4) is 11.4 Å². The lowest BCUT2D eigenvalue weighted by Crippen LogP contribution is -2.81. The summed E-state index contributed by atoms with van der Waals surface area (Å²) in [6.07, 6.45) is -7.46. The minimum atomic E-state index is -4.52. The number of hydrogen-bond donors (Lipinski definition) is 1. The number of nitrogens with zero attached hydrogens (tertiary/aromatic N) is 5. The zero-order valence-corrected chi connectivity index (χ0v) is 20.8. The topological polar surface area (TPSA) is 112 Å². The standard InChI is InChI=1S/C25H21F5N6O4/c1-31-23(39)34-12-24(13-34)22(38)35(17-8-4-15(5-9-17)20-32-21(19(26)27)40-33-20)11-18(37)36(24)10-14-2-6-16(7-3-14)25(28,29)30/h2-9,19H,10-13H2,1H3,(H,31,39). The Balaban J connectivity index is 1.41. The molecule has 4 amide bonds. The quantitative estimate of drug-likeness (QED) is 0.476. The molecule has 2 aliphatic rings. The van der Waals surface area contributed by atoms with Crippen molar-refractivity contribution in [3.05, 3.63) is 65.5 Å². The molecule has 10 nitrogen and oxygen atoms in total. The Morgan fingerprint density at radius 1 is 1.07 bits per heavy atom. The number of amides is 4. The van der Waals surface area contributed by atoms with E-state index in [2.05, 4.69) is 20.0 Å². The molecule has 15 heteroatoms. The molecule has 0 radical (unpaired) electrons. The van der Waals surface area contributed by atoms with Crippen LogP contribution in [0.3, 0.4) is 0 Å². The van der Waals surface area contributed by atoms with Crippen molar-refractivity contribution in [2.45, 2.75) is 24.7 Å². The largest absolute Gasteiger partial charge is 0.416 e. The molecule has 3 heterocycles. The second-order valence-electron chi connectivity index (χ2n) is 9.31. The first-order chi connectivity index (χ1) is 18.9. The van der Waals surface area contributed by atoms with Gasteiger partial charge in [-0.25, -0.2) is 4.79 Å². The number of piperazine rings is 1. The molecule has 0 bridgehead atoms. The fourth-order valence-electron chi connectivity index (χ4n) is 4.75. The van der Waals surface area contributed by atoms with Gasteiger partial charge in [0.1, 0.15) is 6.54 Å². The normalized spacial score (nSPS) is 17.0. The highest BCUT2D eigenvalue weighted by molar-refractivity contribution is 6.10. The van der Waals surface area contributed by atoms with Gasteiger partial charge in [0.15, 0.2) is 5.54 Å². The first-order valence-electron chi connectivity index (χ1n) is 11.9. The van der Waals surface area contributed by atoms with Gasteiger partial charge in [0.05, 0.1) is 18.7 Å². The van der Waals surface area contributed by atoms with E-state index in [4.69, 9.17) is 0 Å². The Kier molecular flexibility index (Phi) is 6.67. The predicted molar refractivity (Wildman–Crippen MR) is 128 cm³/mol. The van der Waals surface area contributed by atoms with E-state index in [1.54, 1.807) is 0 Å². The third-order valence-corrected chi connectivity index (χ3v) is 6.85. The van der Waals surface area contributed by atoms with Crippen molar-refractivity contribution in [1.82, 2.24) is 25.3 Å². The molecule has 0 unspecified atom stereocenters. The molecule has 0 saturated carbocycles. The summed E-state index contributed by atoms with van der Waals surface area (Å²) >= 11 is 0. The van der Waals surface area contributed by atoms with Crippen LogP contribution in [0.15, 0.2) is 53.1 Å². The molecule has 2 saturated heterocycles. The highest BCUT2D eigenvalue weighted by Crippen LogP contribution is 2.37. The second-order valence-corrected chi connectivity index (χ2v) is 9.31. The summed E-state index contributed by atoms with van der Waals surface area (Å²) in [4.78, 5) is 46.9. The van der Waals surface area contributed by atoms with Crippen molar-refractivity contribution >= 4 is 23.5 Å². The van der Waals surface area contributed by atoms with E-state index >= 15 is 0 Å². The highest BCUT2D eigenvalue weighted by Gasteiger charge is 2.60. The van der Waals surface area contributed by atoms with Crippen LogP contribution in [0.5, 0.6) is 0 Å². The first kappa shape index (κ1) is 27.0. The Morgan fingerprint density at radius 2 is 1.73 bits per heavy atom. The van der Waals surface area contributed by atoms with Crippen LogP contribution in [0.1, 0.15) is 23.4 Å². The molecule has 1 aromatic heterocycles. The summed E-state index contributed by atoms with van der Waals surface area (Å²) in [5, 5.41) is 5.97. The number of rotatable bonds is 5. The van der Waals surface area contributed by atoms with E-state index in [-0.39, 0.29) is 32.0 Å². The van der Waals surface area contributed by atoms with Crippen LogP contribution in [0.2, 0.25) is 0 Å². The highest BCUT2D eigenvalue weighted by atomic mass is 19.4. The van der Waals surface area contributed by atoms with Crippen molar-refractivity contribution in [2.24, 2.45) is 0 Å². The third kappa shape index (κ3) is 4.71. The molecule has 2 aliphatic heterocycles. The van der Waals surface area contributed by atoms with Crippen LogP contribution >= 0.6 is 0 Å². The van der Waals surface area contributed by atoms with E-state index in [1.165, 1.54) is 58.1 Å². The van der Waals surface area contributed by atoms with Crippen LogP contribution in [-0.2, 0) is 22.3 Å². The fraction of sp³-hybridized carbons (Fsp3) is 0.320. The van der Waals surface area contributed by atoms with Crippen molar-refractivity contribution < 1.29 is 40.9 Å². The lowest BCUT2D eigenvalue weighted by Gasteiger charge is -2.57. The molecule has 0 aliphatic carbocycles. The number of alkyl halides is 5. The Bertz CT molecular complexity index is 1440. The second kappa shape index (κ2) is 9.88. The minimum Gasteiger partial charge on any atom is -0.341 e. The van der Waals surface area contributed by atoms with Gasteiger partial charge in [0.25, 0.3) is 11.8 Å². The van der Waals surface area contributed by atoms with Crippen molar-refractivity contribution in [1.29, 1.82) is 0 Å². The van der Waals surface area contributed by atoms with Crippen LogP contribution in [0, 0.1) is 0 Å². The number of carbonyl (C=O) groups excluding carboxylic acids is 3. The van der Waals surface area contributed by atoms with Crippen molar-refractivity contribution in [3.63, 3.8) is 0 Å². The number of carbonyl (C=O) groups is 3.